The average Bonchev–Trinajstić information content (AvgIpc) is 2.46. The third-order valence-electron chi connectivity index (χ3n) is 3.28. The van der Waals surface area contributed by atoms with E-state index in [-0.39, 0.29) is 34.8 Å². The summed E-state index contributed by atoms with van der Waals surface area (Å²) >= 11 is 6.04. The lowest BCUT2D eigenvalue weighted by Gasteiger charge is -2.19. The van der Waals surface area contributed by atoms with E-state index in [0.717, 1.165) is 23.1 Å². The molecule has 2 unspecified atom stereocenters. The molecule has 0 aromatic heterocycles. The van der Waals surface area contributed by atoms with Crippen molar-refractivity contribution >= 4 is 52.3 Å². The van der Waals surface area contributed by atoms with E-state index >= 15 is 0 Å². The van der Waals surface area contributed by atoms with Crippen molar-refractivity contribution < 1.29 is 4.21 Å². The van der Waals surface area contributed by atoms with Crippen LogP contribution in [0.15, 0.2) is 29.3 Å². The second-order valence-corrected chi connectivity index (χ2v) is 9.10. The van der Waals surface area contributed by atoms with Crippen LogP contribution in [0.2, 0.25) is 5.02 Å². The number of halogens is 2. The maximum atomic E-state index is 12.1. The zero-order chi connectivity index (χ0) is 17.5. The predicted molar refractivity (Wildman–Crippen MR) is 117 cm³/mol. The lowest BCUT2D eigenvalue weighted by Crippen LogP contribution is -2.39. The number of guanidine groups is 1. The zero-order valence-electron chi connectivity index (χ0n) is 15.1. The average molecular weight is 486 g/mol. The molecule has 0 aliphatic carbocycles. The quantitative estimate of drug-likeness (QED) is 0.362. The van der Waals surface area contributed by atoms with E-state index in [9.17, 15) is 4.21 Å². The van der Waals surface area contributed by atoms with Gasteiger partial charge in [0.1, 0.15) is 0 Å². The number of nitrogens with zero attached hydrogens (tertiary/aromatic N) is 1. The van der Waals surface area contributed by atoms with Crippen LogP contribution in [0.5, 0.6) is 0 Å². The third kappa shape index (κ3) is 8.67. The molecule has 2 atom stereocenters. The van der Waals surface area contributed by atoms with E-state index in [2.05, 4.69) is 22.5 Å². The van der Waals surface area contributed by atoms with Gasteiger partial charge in [-0.2, -0.15) is 0 Å². The lowest BCUT2D eigenvalue weighted by molar-refractivity contribution is 0.648. The van der Waals surface area contributed by atoms with Crippen molar-refractivity contribution in [3.63, 3.8) is 0 Å². The van der Waals surface area contributed by atoms with Crippen LogP contribution < -0.4 is 10.6 Å². The maximum Gasteiger partial charge on any atom is 0.191 e. The third-order valence-corrected chi connectivity index (χ3v) is 5.43. The van der Waals surface area contributed by atoms with Gasteiger partial charge in [0, 0.05) is 32.9 Å². The molecule has 0 heterocycles. The van der Waals surface area contributed by atoms with E-state index in [1.165, 1.54) is 0 Å². The first kappa shape index (κ1) is 23.7. The molecule has 138 valence electrons. The fourth-order valence-corrected chi connectivity index (χ4v) is 3.00. The molecule has 0 aliphatic heterocycles. The number of hydrogen-bond acceptors (Lipinski definition) is 2. The number of hydrogen-bond donors (Lipinski definition) is 2. The van der Waals surface area contributed by atoms with Crippen LogP contribution in [0.25, 0.3) is 0 Å². The van der Waals surface area contributed by atoms with Gasteiger partial charge in [-0.1, -0.05) is 23.7 Å². The molecule has 1 aromatic rings. The van der Waals surface area contributed by atoms with Crippen molar-refractivity contribution in [2.75, 3.05) is 18.8 Å². The van der Waals surface area contributed by atoms with E-state index in [1.54, 1.807) is 0 Å². The predicted octanol–water partition coefficient (Wildman–Crippen LogP) is 4.12. The molecule has 0 aliphatic rings. The van der Waals surface area contributed by atoms with Crippen molar-refractivity contribution in [3.8, 4) is 0 Å². The Morgan fingerprint density at radius 3 is 2.58 bits per heavy atom. The van der Waals surface area contributed by atoms with Crippen molar-refractivity contribution in [2.24, 2.45) is 4.99 Å². The Bertz CT molecular complexity index is 561. The Morgan fingerprint density at radius 1 is 1.38 bits per heavy atom. The number of nitrogens with one attached hydrogen (secondary N) is 2. The van der Waals surface area contributed by atoms with Gasteiger partial charge in [0.05, 0.1) is 12.6 Å². The molecule has 0 radical (unpaired) electrons. The molecule has 0 fully saturated rings. The van der Waals surface area contributed by atoms with Crippen LogP contribution >= 0.6 is 35.6 Å². The molecule has 4 nitrogen and oxygen atoms in total. The van der Waals surface area contributed by atoms with Crippen LogP contribution in [-0.4, -0.2) is 33.8 Å². The second-order valence-electron chi connectivity index (χ2n) is 6.34. The second kappa shape index (κ2) is 11.3. The summed E-state index contributed by atoms with van der Waals surface area (Å²) in [4.78, 5) is 4.52. The van der Waals surface area contributed by atoms with Crippen LogP contribution in [0, 0.1) is 0 Å². The first-order valence-electron chi connectivity index (χ1n) is 7.93. The summed E-state index contributed by atoms with van der Waals surface area (Å²) in [7, 11) is -0.890. The summed E-state index contributed by atoms with van der Waals surface area (Å²) in [6, 6.07) is 7.85. The van der Waals surface area contributed by atoms with Gasteiger partial charge >= 0.3 is 0 Å². The fourth-order valence-electron chi connectivity index (χ4n) is 1.93. The van der Waals surface area contributed by atoms with Crippen molar-refractivity contribution in [2.45, 2.75) is 45.4 Å². The molecule has 1 rings (SSSR count). The van der Waals surface area contributed by atoms with Crippen molar-refractivity contribution in [1.82, 2.24) is 10.6 Å². The van der Waals surface area contributed by atoms with Crippen molar-refractivity contribution in [3.05, 3.63) is 34.9 Å². The van der Waals surface area contributed by atoms with Gasteiger partial charge in [0.15, 0.2) is 5.96 Å². The topological polar surface area (TPSA) is 53.5 Å². The van der Waals surface area contributed by atoms with Gasteiger partial charge in [0.25, 0.3) is 0 Å². The Labute approximate surface area is 170 Å². The molecular formula is C17H29ClIN3OS. The van der Waals surface area contributed by atoms with Crippen LogP contribution in [0.3, 0.4) is 0 Å². The Morgan fingerprint density at radius 2 is 2.04 bits per heavy atom. The summed E-state index contributed by atoms with van der Waals surface area (Å²) in [5.41, 5.74) is 1.10. The number of aliphatic imine (C=N–C) groups is 1. The maximum absolute atomic E-state index is 12.1. The zero-order valence-corrected chi connectivity index (χ0v) is 19.0. The van der Waals surface area contributed by atoms with E-state index in [1.807, 2.05) is 52.0 Å². The monoisotopic (exact) mass is 485 g/mol. The Balaban J connectivity index is 0.00000529. The number of rotatable bonds is 6. The van der Waals surface area contributed by atoms with Crippen LogP contribution in [0.4, 0.5) is 0 Å². The summed E-state index contributed by atoms with van der Waals surface area (Å²) in [5.74, 6) is 1.29. The minimum absolute atomic E-state index is 0. The SMILES string of the molecule is CCNC(=NCCS(=O)C(C)(C)C)NC(C)c1cccc(Cl)c1.I. The standard InChI is InChI=1S/C17H28ClN3OS.HI/c1-6-19-16(20-10-11-23(22)17(3,4)5)21-13(2)14-8-7-9-15(18)12-14;/h7-9,12-13H,6,10-11H2,1-5H3,(H2,19,20,21);1H. The van der Waals surface area contributed by atoms with E-state index in [4.69, 9.17) is 11.6 Å². The molecule has 24 heavy (non-hydrogen) atoms. The van der Waals surface area contributed by atoms with E-state index < -0.39 is 10.8 Å². The van der Waals surface area contributed by atoms with Crippen molar-refractivity contribution in [1.29, 1.82) is 0 Å². The molecular weight excluding hydrogens is 457 g/mol. The van der Waals surface area contributed by atoms with Crippen LogP contribution in [-0.2, 0) is 10.8 Å². The summed E-state index contributed by atoms with van der Waals surface area (Å²) in [6.45, 7) is 11.3. The Kier molecular flexibility index (Phi) is 11.1. The number of benzene rings is 1. The molecule has 1 aromatic carbocycles. The van der Waals surface area contributed by atoms with Gasteiger partial charge in [0.2, 0.25) is 0 Å². The van der Waals surface area contributed by atoms with Gasteiger partial charge in [-0.3, -0.25) is 9.20 Å². The minimum Gasteiger partial charge on any atom is -0.357 e. The first-order chi connectivity index (χ1) is 10.7. The lowest BCUT2D eigenvalue weighted by atomic mass is 10.1. The Hall–Kier alpha value is -0.340. The minimum atomic E-state index is -0.890. The highest BCUT2D eigenvalue weighted by molar-refractivity contribution is 14.0. The molecule has 0 saturated heterocycles. The first-order valence-corrected chi connectivity index (χ1v) is 9.62. The molecule has 7 heteroatoms. The highest BCUT2D eigenvalue weighted by Crippen LogP contribution is 2.17. The summed E-state index contributed by atoms with van der Waals surface area (Å²) < 4.78 is 11.9. The normalized spacial score (nSPS) is 14.5. The molecule has 0 bridgehead atoms. The highest BCUT2D eigenvalue weighted by Gasteiger charge is 2.18. The van der Waals surface area contributed by atoms with Crippen LogP contribution in [0.1, 0.15) is 46.2 Å². The van der Waals surface area contributed by atoms with Gasteiger partial charge in [-0.05, 0) is 52.3 Å². The van der Waals surface area contributed by atoms with E-state index in [0.29, 0.717) is 12.3 Å². The van der Waals surface area contributed by atoms with Gasteiger partial charge < -0.3 is 10.6 Å². The largest absolute Gasteiger partial charge is 0.357 e. The molecule has 2 N–H and O–H groups in total. The molecule has 0 saturated carbocycles. The summed E-state index contributed by atoms with van der Waals surface area (Å²) in [6.07, 6.45) is 0. The molecule has 0 amide bonds. The molecule has 0 spiro atoms. The fraction of sp³-hybridized carbons (Fsp3) is 0.588. The highest BCUT2D eigenvalue weighted by atomic mass is 127. The summed E-state index contributed by atoms with van der Waals surface area (Å²) in [5, 5.41) is 7.29. The van der Waals surface area contributed by atoms with Gasteiger partial charge in [-0.15, -0.1) is 24.0 Å². The smallest absolute Gasteiger partial charge is 0.191 e. The van der Waals surface area contributed by atoms with Gasteiger partial charge in [-0.25, -0.2) is 0 Å².